The van der Waals surface area contributed by atoms with Crippen molar-refractivity contribution in [3.05, 3.63) is 29.6 Å². The summed E-state index contributed by atoms with van der Waals surface area (Å²) >= 11 is 0. The van der Waals surface area contributed by atoms with Gasteiger partial charge in [0.05, 0.1) is 18.4 Å². The lowest BCUT2D eigenvalue weighted by molar-refractivity contribution is -0.0281. The molecule has 2 rings (SSSR count). The monoisotopic (exact) mass is 222 g/mol. The van der Waals surface area contributed by atoms with Gasteiger partial charge in [0.25, 0.3) is 0 Å². The number of ether oxygens (including phenoxy) is 1. The van der Waals surface area contributed by atoms with Gasteiger partial charge in [-0.25, -0.2) is 0 Å². The molecule has 2 atom stereocenters. The Morgan fingerprint density at radius 1 is 1.56 bits per heavy atom. The van der Waals surface area contributed by atoms with Crippen molar-refractivity contribution in [1.29, 1.82) is 0 Å². The summed E-state index contributed by atoms with van der Waals surface area (Å²) in [5.41, 5.74) is 2.17. The van der Waals surface area contributed by atoms with E-state index in [1.54, 1.807) is 0 Å². The molecule has 0 aliphatic carbocycles. The van der Waals surface area contributed by atoms with Gasteiger partial charge in [0, 0.05) is 25.4 Å². The lowest BCUT2D eigenvalue weighted by Crippen LogP contribution is -2.46. The Morgan fingerprint density at radius 3 is 3.12 bits per heavy atom. The second-order valence-corrected chi connectivity index (χ2v) is 4.25. The van der Waals surface area contributed by atoms with Gasteiger partial charge in [-0.15, -0.1) is 0 Å². The van der Waals surface area contributed by atoms with E-state index >= 15 is 0 Å². The van der Waals surface area contributed by atoms with Crippen molar-refractivity contribution in [2.75, 3.05) is 13.2 Å². The molecule has 88 valence electrons. The highest BCUT2D eigenvalue weighted by Crippen LogP contribution is 2.08. The molecule has 1 aromatic rings. The quantitative estimate of drug-likeness (QED) is 0.787. The van der Waals surface area contributed by atoms with E-state index in [-0.39, 0.29) is 6.04 Å². The summed E-state index contributed by atoms with van der Waals surface area (Å²) in [6, 6.07) is 4.18. The molecule has 16 heavy (non-hydrogen) atoms. The fraction of sp³-hybridized carbons (Fsp3) is 0.583. The van der Waals surface area contributed by atoms with Crippen molar-refractivity contribution < 1.29 is 9.84 Å². The number of aliphatic hydroxyl groups excluding tert-OH is 1. The highest BCUT2D eigenvalue weighted by molar-refractivity contribution is 5.12. The Labute approximate surface area is 95.7 Å². The molecule has 0 saturated carbocycles. The van der Waals surface area contributed by atoms with Crippen molar-refractivity contribution in [2.24, 2.45) is 0 Å². The van der Waals surface area contributed by atoms with E-state index in [1.807, 2.05) is 25.3 Å². The van der Waals surface area contributed by atoms with Gasteiger partial charge < -0.3 is 15.2 Å². The van der Waals surface area contributed by atoms with Crippen LogP contribution in [0.5, 0.6) is 0 Å². The van der Waals surface area contributed by atoms with Crippen molar-refractivity contribution in [1.82, 2.24) is 10.3 Å². The second-order valence-electron chi connectivity index (χ2n) is 4.25. The van der Waals surface area contributed by atoms with E-state index in [1.165, 1.54) is 0 Å². The maximum atomic E-state index is 9.68. The molecular formula is C12H18N2O2. The number of hydrogen-bond donors (Lipinski definition) is 2. The Bertz CT molecular complexity index is 326. The molecule has 2 heterocycles. The normalized spacial score (nSPS) is 25.6. The molecule has 1 saturated heterocycles. The first-order valence-corrected chi connectivity index (χ1v) is 5.66. The van der Waals surface area contributed by atoms with Gasteiger partial charge in [-0.05, 0) is 25.0 Å². The predicted octanol–water partition coefficient (Wildman–Crippen LogP) is 0.629. The van der Waals surface area contributed by atoms with Crippen LogP contribution in [-0.2, 0) is 11.3 Å². The third-order valence-corrected chi connectivity index (χ3v) is 2.84. The minimum atomic E-state index is -0.404. The average Bonchev–Trinajstić information content (AvgIpc) is 2.30. The summed E-state index contributed by atoms with van der Waals surface area (Å²) in [4.78, 5) is 4.31. The van der Waals surface area contributed by atoms with Crippen molar-refractivity contribution >= 4 is 0 Å². The van der Waals surface area contributed by atoms with Crippen molar-refractivity contribution in [3.63, 3.8) is 0 Å². The summed E-state index contributed by atoms with van der Waals surface area (Å²) in [6.07, 6.45) is 2.31. The van der Waals surface area contributed by atoms with Crippen LogP contribution in [0.3, 0.4) is 0 Å². The van der Waals surface area contributed by atoms with Crippen LogP contribution in [0.4, 0.5) is 0 Å². The van der Waals surface area contributed by atoms with E-state index < -0.39 is 6.10 Å². The molecule has 0 amide bonds. The Hall–Kier alpha value is -0.970. The minimum Gasteiger partial charge on any atom is -0.389 e. The van der Waals surface area contributed by atoms with Gasteiger partial charge in [-0.2, -0.15) is 0 Å². The maximum Gasteiger partial charge on any atom is 0.0927 e. The Kier molecular flexibility index (Phi) is 3.88. The molecule has 0 bridgehead atoms. The Balaban J connectivity index is 1.84. The lowest BCUT2D eigenvalue weighted by Gasteiger charge is -2.28. The molecule has 1 aromatic heterocycles. The van der Waals surface area contributed by atoms with E-state index in [0.717, 1.165) is 24.3 Å². The minimum absolute atomic E-state index is 0.122. The number of hydrogen-bond acceptors (Lipinski definition) is 4. The number of nitrogens with one attached hydrogen (secondary N) is 1. The zero-order valence-electron chi connectivity index (χ0n) is 9.52. The molecule has 0 spiro atoms. The molecule has 2 N–H and O–H groups in total. The molecule has 4 heteroatoms. The molecule has 1 aliphatic heterocycles. The lowest BCUT2D eigenvalue weighted by atomic mass is 10.1. The van der Waals surface area contributed by atoms with Crippen molar-refractivity contribution in [2.45, 2.75) is 32.0 Å². The van der Waals surface area contributed by atoms with Gasteiger partial charge in [0.15, 0.2) is 0 Å². The van der Waals surface area contributed by atoms with E-state index in [0.29, 0.717) is 13.2 Å². The molecule has 1 fully saturated rings. The van der Waals surface area contributed by atoms with Crippen LogP contribution >= 0.6 is 0 Å². The fourth-order valence-corrected chi connectivity index (χ4v) is 1.80. The topological polar surface area (TPSA) is 54.4 Å². The third-order valence-electron chi connectivity index (χ3n) is 2.84. The molecule has 0 radical (unpaired) electrons. The van der Waals surface area contributed by atoms with Crippen LogP contribution in [0.25, 0.3) is 0 Å². The number of aromatic nitrogens is 1. The van der Waals surface area contributed by atoms with Crippen LogP contribution in [0, 0.1) is 6.92 Å². The largest absolute Gasteiger partial charge is 0.389 e. The molecule has 1 aliphatic rings. The van der Waals surface area contributed by atoms with E-state index in [9.17, 15) is 5.11 Å². The average molecular weight is 222 g/mol. The van der Waals surface area contributed by atoms with Crippen LogP contribution in [0.15, 0.2) is 18.3 Å². The Morgan fingerprint density at radius 2 is 2.44 bits per heavy atom. The number of nitrogens with zero attached hydrogens (tertiary/aromatic N) is 1. The number of aryl methyl sites for hydroxylation is 1. The fourth-order valence-electron chi connectivity index (χ4n) is 1.80. The maximum absolute atomic E-state index is 9.68. The number of pyridine rings is 1. The zero-order valence-corrected chi connectivity index (χ0v) is 9.52. The number of aliphatic hydroxyl groups is 1. The molecular weight excluding hydrogens is 204 g/mol. The smallest absolute Gasteiger partial charge is 0.0927 e. The third kappa shape index (κ3) is 3.01. The summed E-state index contributed by atoms with van der Waals surface area (Å²) in [7, 11) is 0. The van der Waals surface area contributed by atoms with Gasteiger partial charge in [-0.3, -0.25) is 4.98 Å². The van der Waals surface area contributed by atoms with Crippen LogP contribution in [0.1, 0.15) is 17.7 Å². The van der Waals surface area contributed by atoms with Crippen molar-refractivity contribution in [3.8, 4) is 0 Å². The van der Waals surface area contributed by atoms with Gasteiger partial charge in [0.1, 0.15) is 0 Å². The highest BCUT2D eigenvalue weighted by Gasteiger charge is 2.22. The summed E-state index contributed by atoms with van der Waals surface area (Å²) < 4.78 is 5.17. The van der Waals surface area contributed by atoms with Crippen LogP contribution in [-0.4, -0.2) is 35.5 Å². The molecule has 0 aromatic carbocycles. The van der Waals surface area contributed by atoms with E-state index in [2.05, 4.69) is 10.3 Å². The molecule has 0 unspecified atom stereocenters. The van der Waals surface area contributed by atoms with Crippen LogP contribution in [0.2, 0.25) is 0 Å². The molecule has 4 nitrogen and oxygen atoms in total. The van der Waals surface area contributed by atoms with Gasteiger partial charge >= 0.3 is 0 Å². The first kappa shape index (κ1) is 11.5. The zero-order chi connectivity index (χ0) is 11.4. The summed E-state index contributed by atoms with van der Waals surface area (Å²) in [5, 5.41) is 13.0. The standard InChI is InChI=1S/C12H18N2O2/c1-9-2-3-10(13-6-9)7-14-11-4-5-16-8-12(11)15/h2-3,6,11-12,14-15H,4-5,7-8H2,1H3/t11-,12-/m1/s1. The summed E-state index contributed by atoms with van der Waals surface area (Å²) in [6.45, 7) is 3.86. The van der Waals surface area contributed by atoms with Crippen LogP contribution < -0.4 is 5.32 Å². The van der Waals surface area contributed by atoms with Gasteiger partial charge in [-0.1, -0.05) is 6.07 Å². The number of rotatable bonds is 3. The SMILES string of the molecule is Cc1ccc(CN[C@@H]2CCOC[C@H]2O)nc1. The second kappa shape index (κ2) is 5.39. The highest BCUT2D eigenvalue weighted by atomic mass is 16.5. The first-order valence-electron chi connectivity index (χ1n) is 5.66. The van der Waals surface area contributed by atoms with E-state index in [4.69, 9.17) is 4.74 Å². The van der Waals surface area contributed by atoms with Gasteiger partial charge in [0.2, 0.25) is 0 Å². The summed E-state index contributed by atoms with van der Waals surface area (Å²) in [5.74, 6) is 0. The predicted molar refractivity (Wildman–Crippen MR) is 61.0 cm³/mol. The first-order chi connectivity index (χ1) is 7.75.